The van der Waals surface area contributed by atoms with E-state index in [2.05, 4.69) is 48.2 Å². The molecule has 0 fully saturated rings. The molecule has 0 N–H and O–H groups in total. The Kier molecular flexibility index (Phi) is 5.43. The highest BCUT2D eigenvalue weighted by molar-refractivity contribution is 8.22. The van der Waals surface area contributed by atoms with E-state index in [9.17, 15) is 0 Å². The highest BCUT2D eigenvalue weighted by atomic mass is 32.2. The lowest BCUT2D eigenvalue weighted by Crippen LogP contribution is -2.26. The van der Waals surface area contributed by atoms with E-state index in [0.717, 1.165) is 22.3 Å². The van der Waals surface area contributed by atoms with Gasteiger partial charge in [0.2, 0.25) is 0 Å². The topological polar surface area (TPSA) is 3.24 Å². The van der Waals surface area contributed by atoms with Crippen molar-refractivity contribution < 1.29 is 0 Å². The minimum atomic E-state index is 0.893. The fourth-order valence-electron chi connectivity index (χ4n) is 1.82. The van der Waals surface area contributed by atoms with Gasteiger partial charge in [-0.1, -0.05) is 72.5 Å². The zero-order chi connectivity index (χ0) is 13.5. The van der Waals surface area contributed by atoms with Crippen LogP contribution in [-0.4, -0.2) is 10.9 Å². The van der Waals surface area contributed by atoms with Crippen LogP contribution >= 0.6 is 24.0 Å². The standard InChI is InChI=1S/C16H17NS2/c1-2-17(15-11-7-4-8-12-15)16(18)19-13-14-9-5-3-6-10-14/h3-12H,2,13H2,1H3. The molecule has 0 heterocycles. The normalized spacial score (nSPS) is 10.2. The second-order valence-electron chi connectivity index (χ2n) is 4.12. The van der Waals surface area contributed by atoms with Gasteiger partial charge < -0.3 is 4.90 Å². The predicted molar refractivity (Wildman–Crippen MR) is 89.8 cm³/mol. The smallest absolute Gasteiger partial charge is 0.141 e. The van der Waals surface area contributed by atoms with Gasteiger partial charge in [-0.15, -0.1) is 0 Å². The van der Waals surface area contributed by atoms with Gasteiger partial charge in [-0.05, 0) is 24.6 Å². The summed E-state index contributed by atoms with van der Waals surface area (Å²) < 4.78 is 0.928. The number of hydrogen-bond acceptors (Lipinski definition) is 2. The first-order valence-electron chi connectivity index (χ1n) is 6.34. The Morgan fingerprint density at radius 1 is 1.00 bits per heavy atom. The number of benzene rings is 2. The maximum Gasteiger partial charge on any atom is 0.141 e. The van der Waals surface area contributed by atoms with Gasteiger partial charge in [0.1, 0.15) is 4.32 Å². The van der Waals surface area contributed by atoms with Gasteiger partial charge in [0.25, 0.3) is 0 Å². The van der Waals surface area contributed by atoms with Crippen LogP contribution in [-0.2, 0) is 5.75 Å². The van der Waals surface area contributed by atoms with Crippen molar-refractivity contribution in [2.75, 3.05) is 11.4 Å². The van der Waals surface area contributed by atoms with E-state index in [1.807, 2.05) is 24.3 Å². The molecule has 0 unspecified atom stereocenters. The first-order chi connectivity index (χ1) is 9.31. The van der Waals surface area contributed by atoms with Crippen molar-refractivity contribution in [1.82, 2.24) is 0 Å². The Balaban J connectivity index is 1.98. The van der Waals surface area contributed by atoms with E-state index in [-0.39, 0.29) is 0 Å². The zero-order valence-electron chi connectivity index (χ0n) is 11.0. The third-order valence-corrected chi connectivity index (χ3v) is 4.33. The molecule has 0 spiro atoms. The number of hydrogen-bond donors (Lipinski definition) is 0. The number of rotatable bonds is 4. The van der Waals surface area contributed by atoms with Gasteiger partial charge in [0, 0.05) is 18.0 Å². The van der Waals surface area contributed by atoms with Crippen molar-refractivity contribution in [2.24, 2.45) is 0 Å². The van der Waals surface area contributed by atoms with Crippen LogP contribution in [0.2, 0.25) is 0 Å². The molecule has 0 aromatic heterocycles. The first-order valence-corrected chi connectivity index (χ1v) is 7.74. The van der Waals surface area contributed by atoms with Crippen molar-refractivity contribution in [3.05, 3.63) is 66.2 Å². The third-order valence-electron chi connectivity index (χ3n) is 2.81. The Morgan fingerprint density at radius 3 is 2.16 bits per heavy atom. The lowest BCUT2D eigenvalue weighted by Gasteiger charge is -2.23. The Bertz CT molecular complexity index is 511. The zero-order valence-corrected chi connectivity index (χ0v) is 12.6. The van der Waals surface area contributed by atoms with Crippen LogP contribution in [0.4, 0.5) is 5.69 Å². The molecule has 2 aromatic carbocycles. The van der Waals surface area contributed by atoms with Crippen LogP contribution in [0.25, 0.3) is 0 Å². The fourth-order valence-corrected chi connectivity index (χ4v) is 3.11. The molecule has 98 valence electrons. The molecule has 0 bridgehead atoms. The molecule has 0 saturated carbocycles. The number of para-hydroxylation sites is 1. The molecule has 19 heavy (non-hydrogen) atoms. The molecule has 0 amide bonds. The fraction of sp³-hybridized carbons (Fsp3) is 0.188. The van der Waals surface area contributed by atoms with E-state index in [4.69, 9.17) is 12.2 Å². The molecule has 2 rings (SSSR count). The van der Waals surface area contributed by atoms with Gasteiger partial charge >= 0.3 is 0 Å². The lowest BCUT2D eigenvalue weighted by atomic mass is 10.2. The summed E-state index contributed by atoms with van der Waals surface area (Å²) >= 11 is 7.26. The van der Waals surface area contributed by atoms with E-state index < -0.39 is 0 Å². The molecule has 0 radical (unpaired) electrons. The molecule has 2 aromatic rings. The maximum absolute atomic E-state index is 5.54. The van der Waals surface area contributed by atoms with Crippen LogP contribution in [0.1, 0.15) is 12.5 Å². The van der Waals surface area contributed by atoms with Crippen molar-refractivity contribution in [1.29, 1.82) is 0 Å². The highest BCUT2D eigenvalue weighted by Crippen LogP contribution is 2.21. The Hall–Kier alpha value is -1.32. The number of thiocarbonyl (C=S) groups is 1. The second kappa shape index (κ2) is 7.31. The summed E-state index contributed by atoms with van der Waals surface area (Å²) in [6.07, 6.45) is 0. The number of anilines is 1. The Labute approximate surface area is 124 Å². The summed E-state index contributed by atoms with van der Waals surface area (Å²) in [5.74, 6) is 0.920. The SMILES string of the molecule is CCN(C(=S)SCc1ccccc1)c1ccccc1. The Morgan fingerprint density at radius 2 is 1.58 bits per heavy atom. The molecule has 1 nitrogen and oxygen atoms in total. The highest BCUT2D eigenvalue weighted by Gasteiger charge is 2.10. The maximum atomic E-state index is 5.54. The average molecular weight is 287 g/mol. The number of thioether (sulfide) groups is 1. The van der Waals surface area contributed by atoms with Crippen molar-refractivity contribution in [3.8, 4) is 0 Å². The van der Waals surface area contributed by atoms with Gasteiger partial charge in [0.15, 0.2) is 0 Å². The van der Waals surface area contributed by atoms with E-state index in [1.54, 1.807) is 11.8 Å². The molecule has 0 aliphatic heterocycles. The summed E-state index contributed by atoms with van der Waals surface area (Å²) in [4.78, 5) is 2.17. The summed E-state index contributed by atoms with van der Waals surface area (Å²) in [5, 5.41) is 0. The minimum Gasteiger partial charge on any atom is -0.328 e. The van der Waals surface area contributed by atoms with Gasteiger partial charge in [-0.25, -0.2) is 0 Å². The molecule has 0 aliphatic rings. The number of nitrogens with zero attached hydrogens (tertiary/aromatic N) is 1. The largest absolute Gasteiger partial charge is 0.328 e. The predicted octanol–water partition coefficient (Wildman–Crippen LogP) is 4.73. The van der Waals surface area contributed by atoms with E-state index in [1.165, 1.54) is 5.56 Å². The summed E-state index contributed by atoms with van der Waals surface area (Å²) in [6, 6.07) is 20.7. The van der Waals surface area contributed by atoms with Crippen molar-refractivity contribution in [3.63, 3.8) is 0 Å². The first kappa shape index (κ1) is 14.1. The van der Waals surface area contributed by atoms with Gasteiger partial charge in [0.05, 0.1) is 0 Å². The second-order valence-corrected chi connectivity index (χ2v) is 5.73. The van der Waals surface area contributed by atoms with E-state index in [0.29, 0.717) is 0 Å². The third kappa shape index (κ3) is 4.08. The van der Waals surface area contributed by atoms with E-state index >= 15 is 0 Å². The van der Waals surface area contributed by atoms with Crippen LogP contribution in [0.3, 0.4) is 0 Å². The van der Waals surface area contributed by atoms with Crippen molar-refractivity contribution >= 4 is 34.0 Å². The lowest BCUT2D eigenvalue weighted by molar-refractivity contribution is 1.08. The summed E-state index contributed by atoms with van der Waals surface area (Å²) in [6.45, 7) is 3.02. The van der Waals surface area contributed by atoms with Crippen molar-refractivity contribution in [2.45, 2.75) is 12.7 Å². The van der Waals surface area contributed by atoms with Gasteiger partial charge in [-0.3, -0.25) is 0 Å². The molecule has 0 atom stereocenters. The van der Waals surface area contributed by atoms with Crippen LogP contribution in [0.5, 0.6) is 0 Å². The quantitative estimate of drug-likeness (QED) is 0.748. The van der Waals surface area contributed by atoms with Crippen LogP contribution in [0.15, 0.2) is 60.7 Å². The molecular formula is C16H17NS2. The summed E-state index contributed by atoms with van der Waals surface area (Å²) in [7, 11) is 0. The van der Waals surface area contributed by atoms with Gasteiger partial charge in [-0.2, -0.15) is 0 Å². The molecule has 3 heteroatoms. The molecule has 0 saturated heterocycles. The monoisotopic (exact) mass is 287 g/mol. The summed E-state index contributed by atoms with van der Waals surface area (Å²) in [5.41, 5.74) is 2.47. The molecule has 0 aliphatic carbocycles. The average Bonchev–Trinajstić information content (AvgIpc) is 2.48. The van der Waals surface area contributed by atoms with Crippen LogP contribution in [0, 0.1) is 0 Å². The molecular weight excluding hydrogens is 270 g/mol. The minimum absolute atomic E-state index is 0.893. The van der Waals surface area contributed by atoms with Crippen LogP contribution < -0.4 is 4.90 Å².